The van der Waals surface area contributed by atoms with E-state index >= 15 is 0 Å². The van der Waals surface area contributed by atoms with Gasteiger partial charge in [-0.3, -0.25) is 9.48 Å². The van der Waals surface area contributed by atoms with Crippen LogP contribution in [0.15, 0.2) is 14.6 Å². The predicted octanol–water partition coefficient (Wildman–Crippen LogP) is 2.27. The van der Waals surface area contributed by atoms with Gasteiger partial charge in [-0.25, -0.2) is 0 Å². The maximum absolute atomic E-state index is 11.0. The summed E-state index contributed by atoms with van der Waals surface area (Å²) in [6.07, 6.45) is 0.915. The average Bonchev–Trinajstić information content (AvgIpc) is 2.94. The SMILES string of the molecule is CCc1nn(CC)c(CNCc2csc(=O)[nH]2)c1Br. The summed E-state index contributed by atoms with van der Waals surface area (Å²) in [6.45, 7) is 6.41. The van der Waals surface area contributed by atoms with Gasteiger partial charge in [-0.2, -0.15) is 5.10 Å². The van der Waals surface area contributed by atoms with E-state index < -0.39 is 0 Å². The fourth-order valence-electron chi connectivity index (χ4n) is 1.90. The molecule has 0 aliphatic rings. The van der Waals surface area contributed by atoms with E-state index in [1.54, 1.807) is 0 Å². The first-order valence-electron chi connectivity index (χ1n) is 6.27. The Bertz CT molecular complexity index is 601. The van der Waals surface area contributed by atoms with Crippen LogP contribution < -0.4 is 10.2 Å². The molecule has 0 fully saturated rings. The van der Waals surface area contributed by atoms with Crippen molar-refractivity contribution in [3.8, 4) is 0 Å². The second kappa shape index (κ2) is 6.49. The van der Waals surface area contributed by atoms with E-state index in [2.05, 4.69) is 45.2 Å². The Hall–Kier alpha value is -0.920. The third-order valence-electron chi connectivity index (χ3n) is 2.87. The molecule has 0 bridgehead atoms. The minimum absolute atomic E-state index is 0.00940. The second-order valence-electron chi connectivity index (χ2n) is 4.15. The number of hydrogen-bond donors (Lipinski definition) is 2. The summed E-state index contributed by atoms with van der Waals surface area (Å²) in [5, 5.41) is 9.73. The summed E-state index contributed by atoms with van der Waals surface area (Å²) in [5.41, 5.74) is 3.16. The van der Waals surface area contributed by atoms with Crippen molar-refractivity contribution in [1.29, 1.82) is 0 Å². The first kappa shape index (κ1) is 14.5. The zero-order chi connectivity index (χ0) is 13.8. The van der Waals surface area contributed by atoms with Crippen molar-refractivity contribution >= 4 is 27.3 Å². The van der Waals surface area contributed by atoms with Gasteiger partial charge in [-0.1, -0.05) is 18.3 Å². The van der Waals surface area contributed by atoms with Crippen LogP contribution in [0.4, 0.5) is 0 Å². The van der Waals surface area contributed by atoms with Crippen molar-refractivity contribution in [3.63, 3.8) is 0 Å². The Kier molecular flexibility index (Phi) is 4.95. The van der Waals surface area contributed by atoms with Crippen molar-refractivity contribution < 1.29 is 0 Å². The van der Waals surface area contributed by atoms with Gasteiger partial charge in [-0.15, -0.1) is 0 Å². The molecule has 2 N–H and O–H groups in total. The van der Waals surface area contributed by atoms with Crippen molar-refractivity contribution in [2.24, 2.45) is 0 Å². The maximum Gasteiger partial charge on any atom is 0.304 e. The van der Waals surface area contributed by atoms with E-state index in [-0.39, 0.29) is 4.87 Å². The third-order valence-corrected chi connectivity index (χ3v) is 4.51. The van der Waals surface area contributed by atoms with Gasteiger partial charge in [-0.05, 0) is 29.3 Å². The van der Waals surface area contributed by atoms with E-state index in [1.165, 1.54) is 11.3 Å². The summed E-state index contributed by atoms with van der Waals surface area (Å²) >= 11 is 4.81. The molecule has 0 saturated carbocycles. The summed E-state index contributed by atoms with van der Waals surface area (Å²) < 4.78 is 3.09. The van der Waals surface area contributed by atoms with Crippen LogP contribution in [-0.2, 0) is 26.1 Å². The van der Waals surface area contributed by atoms with Gasteiger partial charge in [0, 0.05) is 30.7 Å². The summed E-state index contributed by atoms with van der Waals surface area (Å²) in [7, 11) is 0. The maximum atomic E-state index is 11.0. The van der Waals surface area contributed by atoms with E-state index in [0.29, 0.717) is 6.54 Å². The lowest BCUT2D eigenvalue weighted by Crippen LogP contribution is -2.17. The Balaban J connectivity index is 2.02. The van der Waals surface area contributed by atoms with Crippen molar-refractivity contribution in [2.75, 3.05) is 0 Å². The number of rotatable bonds is 6. The van der Waals surface area contributed by atoms with Crippen molar-refractivity contribution in [3.05, 3.63) is 36.6 Å². The third kappa shape index (κ3) is 3.34. The summed E-state index contributed by atoms with van der Waals surface area (Å²) in [4.78, 5) is 13.8. The van der Waals surface area contributed by atoms with Crippen LogP contribution in [0.25, 0.3) is 0 Å². The molecule has 0 aliphatic carbocycles. The molecule has 2 rings (SSSR count). The normalized spacial score (nSPS) is 11.1. The minimum atomic E-state index is -0.00940. The molecule has 104 valence electrons. The number of thiazole rings is 1. The highest BCUT2D eigenvalue weighted by Crippen LogP contribution is 2.22. The molecule has 2 heterocycles. The lowest BCUT2D eigenvalue weighted by atomic mass is 10.3. The molecular weight excluding hydrogens is 328 g/mol. The van der Waals surface area contributed by atoms with E-state index in [4.69, 9.17) is 0 Å². The van der Waals surface area contributed by atoms with E-state index in [1.807, 2.05) is 10.1 Å². The van der Waals surface area contributed by atoms with Gasteiger partial charge in [0.15, 0.2) is 0 Å². The summed E-state index contributed by atoms with van der Waals surface area (Å²) in [5.74, 6) is 0. The lowest BCUT2D eigenvalue weighted by Gasteiger charge is -2.06. The molecule has 0 aliphatic heterocycles. The number of hydrogen-bond acceptors (Lipinski definition) is 4. The zero-order valence-corrected chi connectivity index (χ0v) is 13.4. The second-order valence-corrected chi connectivity index (χ2v) is 5.79. The number of aryl methyl sites for hydroxylation is 2. The highest BCUT2D eigenvalue weighted by molar-refractivity contribution is 9.10. The van der Waals surface area contributed by atoms with Gasteiger partial charge >= 0.3 is 4.87 Å². The van der Waals surface area contributed by atoms with Crippen LogP contribution in [-0.4, -0.2) is 14.8 Å². The monoisotopic (exact) mass is 344 g/mol. The Morgan fingerprint density at radius 2 is 2.26 bits per heavy atom. The van der Waals surface area contributed by atoms with Crippen molar-refractivity contribution in [1.82, 2.24) is 20.1 Å². The van der Waals surface area contributed by atoms with Gasteiger partial charge in [0.1, 0.15) is 0 Å². The predicted molar refractivity (Wildman–Crippen MR) is 80.5 cm³/mol. The van der Waals surface area contributed by atoms with E-state index in [9.17, 15) is 4.79 Å². The molecule has 2 aromatic heterocycles. The van der Waals surface area contributed by atoms with Crippen LogP contribution >= 0.6 is 27.3 Å². The Morgan fingerprint density at radius 1 is 1.47 bits per heavy atom. The van der Waals surface area contributed by atoms with Crippen LogP contribution in [0.2, 0.25) is 0 Å². The van der Waals surface area contributed by atoms with Gasteiger partial charge < -0.3 is 10.3 Å². The standard InChI is InChI=1S/C12H17BrN4OS/c1-3-9-11(13)10(17(4-2)16-9)6-14-5-8-7-19-12(18)15-8/h7,14H,3-6H2,1-2H3,(H,15,18). The largest absolute Gasteiger partial charge is 0.315 e. The smallest absolute Gasteiger partial charge is 0.304 e. The van der Waals surface area contributed by atoms with Gasteiger partial charge in [0.25, 0.3) is 0 Å². The van der Waals surface area contributed by atoms with Crippen LogP contribution in [0.1, 0.15) is 30.9 Å². The topological polar surface area (TPSA) is 62.7 Å². The molecule has 0 atom stereocenters. The minimum Gasteiger partial charge on any atom is -0.315 e. The molecule has 5 nitrogen and oxygen atoms in total. The average molecular weight is 345 g/mol. The van der Waals surface area contributed by atoms with Crippen LogP contribution in [0.3, 0.4) is 0 Å². The molecular formula is C12H17BrN4OS. The highest BCUT2D eigenvalue weighted by atomic mass is 79.9. The van der Waals surface area contributed by atoms with Crippen LogP contribution in [0, 0.1) is 0 Å². The highest BCUT2D eigenvalue weighted by Gasteiger charge is 2.13. The molecule has 19 heavy (non-hydrogen) atoms. The fourth-order valence-corrected chi connectivity index (χ4v) is 3.19. The first-order chi connectivity index (χ1) is 9.15. The zero-order valence-electron chi connectivity index (χ0n) is 11.0. The molecule has 0 saturated heterocycles. The number of nitrogens with one attached hydrogen (secondary N) is 2. The fraction of sp³-hybridized carbons (Fsp3) is 0.500. The molecule has 0 unspecified atom stereocenters. The molecule has 0 aromatic carbocycles. The number of H-pyrrole nitrogens is 1. The Labute approximate surface area is 124 Å². The van der Waals surface area contributed by atoms with E-state index in [0.717, 1.165) is 41.1 Å². The van der Waals surface area contributed by atoms with Crippen molar-refractivity contribution in [2.45, 2.75) is 39.9 Å². The number of aromatic amines is 1. The summed E-state index contributed by atoms with van der Waals surface area (Å²) in [6, 6.07) is 0. The molecule has 0 radical (unpaired) electrons. The number of halogens is 1. The molecule has 0 amide bonds. The molecule has 0 spiro atoms. The quantitative estimate of drug-likeness (QED) is 0.844. The Morgan fingerprint density at radius 3 is 2.84 bits per heavy atom. The molecule has 2 aromatic rings. The van der Waals surface area contributed by atoms with Crippen LogP contribution in [0.5, 0.6) is 0 Å². The number of aromatic nitrogens is 3. The molecule has 7 heteroatoms. The first-order valence-corrected chi connectivity index (χ1v) is 7.94. The van der Waals surface area contributed by atoms with Gasteiger partial charge in [0.2, 0.25) is 0 Å². The van der Waals surface area contributed by atoms with Gasteiger partial charge in [0.05, 0.1) is 15.9 Å². The number of nitrogens with zero attached hydrogens (tertiary/aromatic N) is 2. The lowest BCUT2D eigenvalue weighted by molar-refractivity contribution is 0.574.